The molecule has 0 aliphatic heterocycles. The molecule has 0 aliphatic rings. The van der Waals surface area contributed by atoms with Crippen molar-refractivity contribution in [1.29, 1.82) is 0 Å². The third-order valence-corrected chi connectivity index (χ3v) is 1.93. The molecular weight excluding hydrogens is 168 g/mol. The van der Waals surface area contributed by atoms with Gasteiger partial charge in [0.2, 0.25) is 0 Å². The fourth-order valence-electron chi connectivity index (χ4n) is 0.573. The first-order chi connectivity index (χ1) is 5.33. The van der Waals surface area contributed by atoms with Crippen LogP contribution in [-0.2, 0) is 9.53 Å². The summed E-state index contributed by atoms with van der Waals surface area (Å²) >= 11 is 0. The fourth-order valence-corrected chi connectivity index (χ4v) is 0.777. The van der Waals surface area contributed by atoms with Gasteiger partial charge in [-0.1, -0.05) is 20.4 Å². The maximum atomic E-state index is 10.9. The van der Waals surface area contributed by atoms with E-state index in [0.717, 1.165) is 16.7 Å². The molecule has 0 radical (unpaired) electrons. The summed E-state index contributed by atoms with van der Waals surface area (Å²) in [6.07, 6.45) is 0.943. The summed E-state index contributed by atoms with van der Waals surface area (Å²) in [5.74, 6) is -0.277. The fraction of sp³-hybridized carbons (Fsp3) is 0.667. The Morgan fingerprint density at radius 2 is 2.08 bits per heavy atom. The molecule has 3 heteroatoms. The third-order valence-electron chi connectivity index (χ3n) is 1.43. The molecule has 0 amide bonds. The van der Waals surface area contributed by atoms with Crippen molar-refractivity contribution in [3.63, 3.8) is 0 Å². The smallest absolute Gasteiger partial charge is 0.333 e. The van der Waals surface area contributed by atoms with Crippen molar-refractivity contribution in [3.8, 4) is 0 Å². The Kier molecular flexibility index (Phi) is 4.24. The number of hydrogen-bond donors (Lipinski definition) is 0. The van der Waals surface area contributed by atoms with E-state index in [2.05, 4.69) is 20.4 Å². The minimum absolute atomic E-state index is 0.277. The molecule has 0 unspecified atom stereocenters. The van der Waals surface area contributed by atoms with E-state index in [1.165, 1.54) is 0 Å². The molecule has 0 aliphatic carbocycles. The van der Waals surface area contributed by atoms with Crippen molar-refractivity contribution in [1.82, 2.24) is 0 Å². The summed E-state index contributed by atoms with van der Waals surface area (Å²) in [6.45, 7) is 10.0. The number of carbonyl (C=O) groups is 1. The number of carbonyl (C=O) groups excluding carboxylic acids is 1. The van der Waals surface area contributed by atoms with Crippen LogP contribution in [0.3, 0.4) is 0 Å². The zero-order valence-corrected chi connectivity index (χ0v) is 10.4. The maximum absolute atomic E-state index is 10.9. The van der Waals surface area contributed by atoms with Gasteiger partial charge in [0.15, 0.2) is 0 Å². The lowest BCUT2D eigenvalue weighted by atomic mass is 10.1. The van der Waals surface area contributed by atoms with Gasteiger partial charge in [-0.15, -0.1) is 0 Å². The van der Waals surface area contributed by atoms with Crippen LogP contribution in [0.2, 0.25) is 5.04 Å². The zero-order chi connectivity index (χ0) is 9.78. The van der Waals surface area contributed by atoms with E-state index in [4.69, 9.17) is 4.74 Å². The van der Waals surface area contributed by atoms with E-state index < -0.39 is 0 Å². The molecule has 0 rings (SSSR count). The molecule has 0 aromatic heterocycles. The highest BCUT2D eigenvalue weighted by Crippen LogP contribution is 2.22. The Morgan fingerprint density at radius 3 is 2.42 bits per heavy atom. The topological polar surface area (TPSA) is 26.3 Å². The average Bonchev–Trinajstić information content (AvgIpc) is 1.84. The van der Waals surface area contributed by atoms with Crippen LogP contribution in [0.25, 0.3) is 0 Å². The van der Waals surface area contributed by atoms with Gasteiger partial charge in [-0.25, -0.2) is 4.79 Å². The van der Waals surface area contributed by atoms with Crippen LogP contribution in [0.4, 0.5) is 0 Å². The molecule has 0 atom stereocenters. The number of ether oxygens (including phenoxy) is 1. The summed E-state index contributed by atoms with van der Waals surface area (Å²) in [6, 6.07) is 0. The minimum atomic E-state index is -0.277. The van der Waals surface area contributed by atoms with Gasteiger partial charge >= 0.3 is 5.97 Å². The lowest BCUT2D eigenvalue weighted by molar-refractivity contribution is -0.139. The maximum Gasteiger partial charge on any atom is 0.333 e. The van der Waals surface area contributed by atoms with Gasteiger partial charge < -0.3 is 4.74 Å². The normalized spacial score (nSPS) is 11.2. The summed E-state index contributed by atoms with van der Waals surface area (Å²) < 4.78 is 4.96. The average molecular weight is 186 g/mol. The van der Waals surface area contributed by atoms with Crippen molar-refractivity contribution in [2.24, 2.45) is 0 Å². The van der Waals surface area contributed by atoms with Crippen molar-refractivity contribution >= 4 is 16.2 Å². The highest BCUT2D eigenvalue weighted by atomic mass is 28.1. The van der Waals surface area contributed by atoms with Crippen LogP contribution < -0.4 is 0 Å². The molecule has 0 fully saturated rings. The van der Waals surface area contributed by atoms with Gasteiger partial charge in [0.1, 0.15) is 0 Å². The summed E-state index contributed by atoms with van der Waals surface area (Å²) in [5.41, 5.74) is 0.473. The summed E-state index contributed by atoms with van der Waals surface area (Å²) in [7, 11) is 1.12. The lowest BCUT2D eigenvalue weighted by Crippen LogP contribution is -2.11. The van der Waals surface area contributed by atoms with Gasteiger partial charge in [0, 0.05) is 15.8 Å². The highest BCUT2D eigenvalue weighted by molar-refractivity contribution is 6.14. The Labute approximate surface area is 77.4 Å². The molecule has 2 nitrogen and oxygen atoms in total. The van der Waals surface area contributed by atoms with Gasteiger partial charge in [-0.2, -0.15) is 0 Å². The van der Waals surface area contributed by atoms with E-state index in [1.807, 2.05) is 0 Å². The van der Waals surface area contributed by atoms with Crippen molar-refractivity contribution < 1.29 is 9.53 Å². The lowest BCUT2D eigenvalue weighted by Gasteiger charge is -2.17. The Bertz CT molecular complexity index is 179. The molecule has 70 valence electrons. The monoisotopic (exact) mass is 186 g/mol. The first-order valence-corrected chi connectivity index (χ1v) is 5.15. The van der Waals surface area contributed by atoms with E-state index in [-0.39, 0.29) is 5.97 Å². The van der Waals surface area contributed by atoms with E-state index in [9.17, 15) is 4.79 Å². The summed E-state index contributed by atoms with van der Waals surface area (Å²) in [5, 5.41) is 0.357. The van der Waals surface area contributed by atoms with Gasteiger partial charge in [-0.05, 0) is 18.4 Å². The second kappa shape index (κ2) is 4.45. The Balaban J connectivity index is 3.58. The predicted molar refractivity (Wildman–Crippen MR) is 54.4 cm³/mol. The van der Waals surface area contributed by atoms with Crippen LogP contribution >= 0.6 is 0 Å². The SMILES string of the molecule is C=C(C)C(=O)OCCC(C)(C)[SiH3]. The van der Waals surface area contributed by atoms with Crippen LogP contribution in [0, 0.1) is 0 Å². The molecule has 0 N–H and O–H groups in total. The number of esters is 1. The largest absolute Gasteiger partial charge is 0.462 e. The van der Waals surface area contributed by atoms with Gasteiger partial charge in [-0.3, -0.25) is 0 Å². The first kappa shape index (κ1) is 11.4. The van der Waals surface area contributed by atoms with Crippen molar-refractivity contribution in [3.05, 3.63) is 12.2 Å². The van der Waals surface area contributed by atoms with Crippen molar-refractivity contribution in [2.75, 3.05) is 6.61 Å². The quantitative estimate of drug-likeness (QED) is 0.373. The van der Waals surface area contributed by atoms with E-state index in [1.54, 1.807) is 6.92 Å². The van der Waals surface area contributed by atoms with E-state index in [0.29, 0.717) is 17.2 Å². The minimum Gasteiger partial charge on any atom is -0.462 e. The van der Waals surface area contributed by atoms with Crippen LogP contribution in [-0.4, -0.2) is 22.8 Å². The highest BCUT2D eigenvalue weighted by Gasteiger charge is 2.11. The Hall–Kier alpha value is -0.573. The third kappa shape index (κ3) is 6.16. The Morgan fingerprint density at radius 1 is 1.58 bits per heavy atom. The molecular formula is C9H18O2Si. The molecule has 0 heterocycles. The van der Waals surface area contributed by atoms with Crippen LogP contribution in [0.5, 0.6) is 0 Å². The molecule has 0 aromatic rings. The number of rotatable bonds is 4. The molecule has 0 saturated heterocycles. The van der Waals surface area contributed by atoms with Gasteiger partial charge in [0.25, 0.3) is 0 Å². The molecule has 12 heavy (non-hydrogen) atoms. The van der Waals surface area contributed by atoms with Crippen LogP contribution in [0.1, 0.15) is 27.2 Å². The van der Waals surface area contributed by atoms with E-state index >= 15 is 0 Å². The summed E-state index contributed by atoms with van der Waals surface area (Å²) in [4.78, 5) is 10.9. The standard InChI is InChI=1S/C9H18O2Si/c1-7(2)8(10)11-6-5-9(3,4)12/h1,5-6H2,2-4,12H3. The van der Waals surface area contributed by atoms with Crippen molar-refractivity contribution in [2.45, 2.75) is 32.2 Å². The van der Waals surface area contributed by atoms with Gasteiger partial charge in [0.05, 0.1) is 6.61 Å². The number of hydrogen-bond acceptors (Lipinski definition) is 2. The predicted octanol–water partition coefficient (Wildman–Crippen LogP) is 1.06. The van der Waals surface area contributed by atoms with Crippen LogP contribution in [0.15, 0.2) is 12.2 Å². The second-order valence-electron chi connectivity index (χ2n) is 4.23. The molecule has 0 spiro atoms. The molecule has 0 saturated carbocycles. The first-order valence-electron chi connectivity index (χ1n) is 4.15. The molecule has 0 aromatic carbocycles. The second-order valence-corrected chi connectivity index (χ2v) is 6.93. The zero-order valence-electron chi connectivity index (χ0n) is 8.44. The molecule has 0 bridgehead atoms.